The molecule has 0 heterocycles. The quantitative estimate of drug-likeness (QED) is 0.730. The molecule has 0 amide bonds. The number of nitrogens with one attached hydrogen (secondary N) is 1. The average molecular weight is 299 g/mol. The van der Waals surface area contributed by atoms with Crippen LogP contribution in [0.25, 0.3) is 0 Å². The van der Waals surface area contributed by atoms with Gasteiger partial charge in [0, 0.05) is 0 Å². The van der Waals surface area contributed by atoms with Gasteiger partial charge in [-0.05, 0) is 30.4 Å². The lowest BCUT2D eigenvalue weighted by molar-refractivity contribution is -0.274. The monoisotopic (exact) mass is 299 g/mol. The van der Waals surface area contributed by atoms with Gasteiger partial charge in [-0.15, -0.1) is 13.2 Å². The van der Waals surface area contributed by atoms with E-state index >= 15 is 0 Å². The topological polar surface area (TPSA) is 90.4 Å². The summed E-state index contributed by atoms with van der Waals surface area (Å²) in [6, 6.07) is 3.21. The van der Waals surface area contributed by atoms with Crippen LogP contribution in [0.5, 0.6) is 5.75 Å². The van der Waals surface area contributed by atoms with Gasteiger partial charge in [-0.2, -0.15) is 0 Å². The Morgan fingerprint density at radius 3 is 2.50 bits per heavy atom. The summed E-state index contributed by atoms with van der Waals surface area (Å²) in [7, 11) is -1.85. The Kier molecular flexibility index (Phi) is 4.48. The van der Waals surface area contributed by atoms with Gasteiger partial charge in [-0.1, -0.05) is 0 Å². The van der Waals surface area contributed by atoms with Crippen molar-refractivity contribution in [1.29, 1.82) is 0 Å². The van der Waals surface area contributed by atoms with Crippen molar-refractivity contribution in [3.63, 3.8) is 0 Å². The van der Waals surface area contributed by atoms with E-state index in [9.17, 15) is 17.4 Å². The molecule has 0 saturated carbocycles. The highest BCUT2D eigenvalue weighted by Crippen LogP contribution is 2.31. The standard InChI is InChI=1S/C8H8F3N3O2S2/c9-8(10,11)16-6-2-1-4(18(13)15)3-5(6)14-7(12)17/h1-3H,13H2,(H3,12,14,17). The molecule has 1 aromatic carbocycles. The van der Waals surface area contributed by atoms with Crippen LogP contribution in [0.3, 0.4) is 0 Å². The zero-order valence-electron chi connectivity index (χ0n) is 8.65. The van der Waals surface area contributed by atoms with Gasteiger partial charge in [0.2, 0.25) is 0 Å². The van der Waals surface area contributed by atoms with Gasteiger partial charge >= 0.3 is 6.36 Å². The number of hydrogen-bond donors (Lipinski definition) is 3. The maximum atomic E-state index is 12.1. The average Bonchev–Trinajstić information content (AvgIpc) is 2.17. The molecule has 10 heteroatoms. The van der Waals surface area contributed by atoms with E-state index in [0.717, 1.165) is 18.2 Å². The number of halogens is 3. The van der Waals surface area contributed by atoms with Gasteiger partial charge in [0.05, 0.1) is 10.6 Å². The zero-order valence-corrected chi connectivity index (χ0v) is 10.3. The summed E-state index contributed by atoms with van der Waals surface area (Å²) in [5.74, 6) is -0.551. The van der Waals surface area contributed by atoms with Crippen molar-refractivity contribution in [3.05, 3.63) is 18.2 Å². The van der Waals surface area contributed by atoms with Gasteiger partial charge in [0.1, 0.15) is 11.0 Å². The van der Waals surface area contributed by atoms with Crippen LogP contribution in [0.4, 0.5) is 18.9 Å². The lowest BCUT2D eigenvalue weighted by Gasteiger charge is -2.14. The molecule has 5 N–H and O–H groups in total. The summed E-state index contributed by atoms with van der Waals surface area (Å²) in [6.07, 6.45) is -4.87. The van der Waals surface area contributed by atoms with Crippen LogP contribution in [0, 0.1) is 0 Å². The molecule has 1 aromatic rings. The van der Waals surface area contributed by atoms with Gasteiger partial charge < -0.3 is 15.8 Å². The van der Waals surface area contributed by atoms with Gasteiger partial charge in [-0.3, -0.25) is 0 Å². The molecule has 1 rings (SSSR count). The SMILES string of the molecule is NC(=S)Nc1cc(S(N)=O)ccc1OC(F)(F)F. The van der Waals surface area contributed by atoms with Crippen LogP contribution < -0.4 is 20.9 Å². The Morgan fingerprint density at radius 1 is 1.44 bits per heavy atom. The maximum Gasteiger partial charge on any atom is 0.573 e. The summed E-state index contributed by atoms with van der Waals surface area (Å²) in [6.45, 7) is 0. The van der Waals surface area contributed by atoms with E-state index in [0.29, 0.717) is 0 Å². The molecule has 0 aliphatic carbocycles. The zero-order chi connectivity index (χ0) is 13.9. The molecular weight excluding hydrogens is 291 g/mol. The first-order valence-electron chi connectivity index (χ1n) is 4.31. The molecule has 0 fully saturated rings. The number of ether oxygens (including phenoxy) is 1. The third-order valence-electron chi connectivity index (χ3n) is 1.67. The minimum atomic E-state index is -4.87. The van der Waals surface area contributed by atoms with E-state index in [1.54, 1.807) is 0 Å². The molecule has 0 aromatic heterocycles. The van der Waals surface area contributed by atoms with Crippen molar-refractivity contribution in [2.24, 2.45) is 10.9 Å². The summed E-state index contributed by atoms with van der Waals surface area (Å²) in [4.78, 5) is 0.100. The van der Waals surface area contributed by atoms with Crippen molar-refractivity contribution in [2.75, 3.05) is 5.32 Å². The number of thiocarbonyl (C=S) groups is 1. The highest BCUT2D eigenvalue weighted by Gasteiger charge is 2.32. The van der Waals surface area contributed by atoms with Crippen LogP contribution in [0.15, 0.2) is 23.1 Å². The van der Waals surface area contributed by atoms with Crippen molar-refractivity contribution in [2.45, 2.75) is 11.3 Å². The van der Waals surface area contributed by atoms with E-state index in [2.05, 4.69) is 22.3 Å². The fourth-order valence-corrected chi connectivity index (χ4v) is 1.62. The Morgan fingerprint density at radius 2 is 2.06 bits per heavy atom. The number of hydrogen-bond acceptors (Lipinski definition) is 3. The van der Waals surface area contributed by atoms with Crippen LogP contribution >= 0.6 is 12.2 Å². The fourth-order valence-electron chi connectivity index (χ4n) is 1.08. The predicted octanol–water partition coefficient (Wildman–Crippen LogP) is 1.22. The van der Waals surface area contributed by atoms with E-state index < -0.39 is 23.1 Å². The minimum Gasteiger partial charge on any atom is -0.404 e. The summed E-state index contributed by atoms with van der Waals surface area (Å²) in [5.41, 5.74) is 4.99. The van der Waals surface area contributed by atoms with Crippen LogP contribution in [-0.4, -0.2) is 15.7 Å². The Hall–Kier alpha value is -1.39. The molecular formula is C8H8F3N3O2S2. The second kappa shape index (κ2) is 5.50. The third kappa shape index (κ3) is 4.47. The normalized spacial score (nSPS) is 12.9. The van der Waals surface area contributed by atoms with Crippen molar-refractivity contribution in [3.8, 4) is 5.75 Å². The Bertz CT molecular complexity index is 493. The number of nitrogens with two attached hydrogens (primary N) is 2. The Balaban J connectivity index is 3.16. The molecule has 18 heavy (non-hydrogen) atoms. The molecule has 1 atom stereocenters. The smallest absolute Gasteiger partial charge is 0.404 e. The molecule has 0 spiro atoms. The van der Waals surface area contributed by atoms with E-state index in [1.165, 1.54) is 0 Å². The second-order valence-corrected chi connectivity index (χ2v) is 4.50. The van der Waals surface area contributed by atoms with Gasteiger partial charge in [0.25, 0.3) is 0 Å². The largest absolute Gasteiger partial charge is 0.573 e. The van der Waals surface area contributed by atoms with Crippen molar-refractivity contribution >= 4 is 34.0 Å². The van der Waals surface area contributed by atoms with Crippen molar-refractivity contribution in [1.82, 2.24) is 0 Å². The first-order chi connectivity index (χ1) is 8.19. The van der Waals surface area contributed by atoms with Gasteiger partial charge in [0.15, 0.2) is 10.9 Å². The second-order valence-electron chi connectivity index (χ2n) is 2.99. The molecule has 0 bridgehead atoms. The van der Waals surface area contributed by atoms with Crippen LogP contribution in [0.1, 0.15) is 0 Å². The summed E-state index contributed by atoms with van der Waals surface area (Å²) >= 11 is 4.51. The lowest BCUT2D eigenvalue weighted by Crippen LogP contribution is -2.22. The number of benzene rings is 1. The van der Waals surface area contributed by atoms with E-state index in [-0.39, 0.29) is 15.7 Å². The number of rotatable bonds is 3. The summed E-state index contributed by atoms with van der Waals surface area (Å²) < 4.78 is 51.1. The highest BCUT2D eigenvalue weighted by atomic mass is 32.2. The van der Waals surface area contributed by atoms with Crippen LogP contribution in [-0.2, 0) is 11.0 Å². The molecule has 0 saturated heterocycles. The molecule has 0 radical (unpaired) electrons. The van der Waals surface area contributed by atoms with E-state index in [1.807, 2.05) is 0 Å². The molecule has 0 aliphatic rings. The third-order valence-corrected chi connectivity index (χ3v) is 2.49. The number of alkyl halides is 3. The molecule has 0 aliphatic heterocycles. The minimum absolute atomic E-state index is 0.100. The highest BCUT2D eigenvalue weighted by molar-refractivity contribution is 7.82. The first-order valence-corrected chi connectivity index (χ1v) is 5.93. The molecule has 1 unspecified atom stereocenters. The summed E-state index contributed by atoms with van der Waals surface area (Å²) in [5, 5.41) is 7.13. The lowest BCUT2D eigenvalue weighted by atomic mass is 10.3. The van der Waals surface area contributed by atoms with Gasteiger partial charge in [-0.25, -0.2) is 9.35 Å². The molecule has 100 valence electrons. The van der Waals surface area contributed by atoms with Crippen molar-refractivity contribution < 1.29 is 22.1 Å². The first kappa shape index (κ1) is 14.7. The van der Waals surface area contributed by atoms with E-state index in [4.69, 9.17) is 10.9 Å². The maximum absolute atomic E-state index is 12.1. The Labute approximate surface area is 108 Å². The number of anilines is 1. The fraction of sp³-hybridized carbons (Fsp3) is 0.125. The van der Waals surface area contributed by atoms with Crippen LogP contribution in [0.2, 0.25) is 0 Å². The molecule has 5 nitrogen and oxygen atoms in total. The predicted molar refractivity (Wildman–Crippen MR) is 64.1 cm³/mol.